The number of hydrogen-bond donors (Lipinski definition) is 0. The third-order valence-corrected chi connectivity index (χ3v) is 11.6. The highest BCUT2D eigenvalue weighted by Crippen LogP contribution is 2.40. The largest absolute Gasteiger partial charge is 0.292 e. The van der Waals surface area contributed by atoms with Crippen LogP contribution in [0.3, 0.4) is 0 Å². The van der Waals surface area contributed by atoms with Crippen molar-refractivity contribution in [1.82, 2.24) is 24.5 Å². The predicted molar refractivity (Wildman–Crippen MR) is 244 cm³/mol. The van der Waals surface area contributed by atoms with Gasteiger partial charge in [0, 0.05) is 38.7 Å². The minimum atomic E-state index is 0.597. The summed E-state index contributed by atoms with van der Waals surface area (Å²) in [5.74, 6) is 2.71. The molecule has 0 bridgehead atoms. The van der Waals surface area contributed by atoms with Crippen molar-refractivity contribution in [2.24, 2.45) is 0 Å². The highest BCUT2D eigenvalue weighted by Gasteiger charge is 2.21. The summed E-state index contributed by atoms with van der Waals surface area (Å²) in [4.78, 5) is 21.1. The van der Waals surface area contributed by atoms with Crippen LogP contribution >= 0.6 is 0 Å². The molecule has 0 fully saturated rings. The van der Waals surface area contributed by atoms with Gasteiger partial charge in [0.2, 0.25) is 0 Å². The zero-order chi connectivity index (χ0) is 38.9. The summed E-state index contributed by atoms with van der Waals surface area (Å²) in [5, 5.41) is 11.6. The van der Waals surface area contributed by atoms with Crippen LogP contribution in [0, 0.1) is 0 Å². The van der Waals surface area contributed by atoms with Crippen LogP contribution in [0.1, 0.15) is 0 Å². The van der Waals surface area contributed by atoms with E-state index in [2.05, 4.69) is 205 Å². The molecular weight excluding hydrogens is 719 g/mol. The summed E-state index contributed by atoms with van der Waals surface area (Å²) in [6, 6.07) is 70.5. The van der Waals surface area contributed by atoms with Gasteiger partial charge in [-0.05, 0) is 73.4 Å². The molecule has 0 atom stereocenters. The molecule has 0 radical (unpaired) electrons. The summed E-state index contributed by atoms with van der Waals surface area (Å²) in [7, 11) is 0. The lowest BCUT2D eigenvalue weighted by Gasteiger charge is -2.14. The van der Waals surface area contributed by atoms with Crippen LogP contribution < -0.4 is 0 Å². The summed E-state index contributed by atoms with van der Waals surface area (Å²) < 4.78 is 2.33. The van der Waals surface area contributed by atoms with E-state index in [-0.39, 0.29) is 0 Å². The maximum absolute atomic E-state index is 5.53. The van der Waals surface area contributed by atoms with Gasteiger partial charge in [0.25, 0.3) is 0 Å². The number of fused-ring (bicyclic) bond motifs is 9. The van der Waals surface area contributed by atoms with E-state index in [1.807, 2.05) is 0 Å². The molecule has 5 heteroatoms. The molecule has 0 aliphatic heterocycles. The fraction of sp³-hybridized carbons (Fsp3) is 0. The molecule has 0 N–H and O–H groups in total. The molecule has 10 aromatic carbocycles. The Morgan fingerprint density at radius 2 is 0.712 bits per heavy atom. The van der Waals surface area contributed by atoms with Crippen LogP contribution in [0.4, 0.5) is 0 Å². The maximum atomic E-state index is 5.53. The number of nitrogens with zero attached hydrogens (tertiary/aromatic N) is 5. The topological polar surface area (TPSA) is 56.5 Å². The summed E-state index contributed by atoms with van der Waals surface area (Å²) in [6.07, 6.45) is 0. The van der Waals surface area contributed by atoms with Crippen LogP contribution in [0.25, 0.3) is 116 Å². The number of benzene rings is 10. The van der Waals surface area contributed by atoms with Gasteiger partial charge in [0.1, 0.15) is 5.82 Å². The molecule has 0 saturated heterocycles. The number of hydrogen-bond acceptors (Lipinski definition) is 4. The average Bonchev–Trinajstić information content (AvgIpc) is 3.72. The Labute approximate surface area is 339 Å². The molecule has 12 aromatic rings. The summed E-state index contributed by atoms with van der Waals surface area (Å²) in [6.45, 7) is 0. The molecule has 0 aliphatic carbocycles. The SMILES string of the molecule is c1cc(-c2nc(-c3ccc4ccccc4c3)nc(-c3ccc4ccccc4c3)n2)cc(-n2c(-c3ccc4ccccc4c3)nc3c4ccccc4c4ccccc4c32)c1. The molecule has 0 amide bonds. The first-order valence-electron chi connectivity index (χ1n) is 19.9. The quantitative estimate of drug-likeness (QED) is 0.164. The van der Waals surface area contributed by atoms with Crippen LogP contribution in [0.2, 0.25) is 0 Å². The molecule has 274 valence electrons. The molecule has 59 heavy (non-hydrogen) atoms. The van der Waals surface area contributed by atoms with Gasteiger partial charge in [-0.15, -0.1) is 0 Å². The molecule has 5 nitrogen and oxygen atoms in total. The van der Waals surface area contributed by atoms with Crippen molar-refractivity contribution in [2.75, 3.05) is 0 Å². The molecular formula is C54H33N5. The van der Waals surface area contributed by atoms with E-state index >= 15 is 0 Å². The maximum Gasteiger partial charge on any atom is 0.164 e. The smallest absolute Gasteiger partial charge is 0.164 e. The lowest BCUT2D eigenvalue weighted by Crippen LogP contribution is -2.02. The van der Waals surface area contributed by atoms with Gasteiger partial charge in [0.05, 0.1) is 11.0 Å². The van der Waals surface area contributed by atoms with E-state index in [0.29, 0.717) is 17.5 Å². The second-order valence-corrected chi connectivity index (χ2v) is 15.1. The van der Waals surface area contributed by atoms with E-state index in [4.69, 9.17) is 19.9 Å². The third-order valence-electron chi connectivity index (χ3n) is 11.6. The van der Waals surface area contributed by atoms with Crippen molar-refractivity contribution in [3.63, 3.8) is 0 Å². The van der Waals surface area contributed by atoms with Gasteiger partial charge >= 0.3 is 0 Å². The van der Waals surface area contributed by atoms with Gasteiger partial charge in [-0.3, -0.25) is 4.57 Å². The van der Waals surface area contributed by atoms with Gasteiger partial charge in [0.15, 0.2) is 17.5 Å². The summed E-state index contributed by atoms with van der Waals surface area (Å²) in [5.41, 5.74) is 6.77. The Morgan fingerprint density at radius 3 is 1.27 bits per heavy atom. The second kappa shape index (κ2) is 13.3. The van der Waals surface area contributed by atoms with Crippen molar-refractivity contribution in [3.05, 3.63) is 200 Å². The van der Waals surface area contributed by atoms with Gasteiger partial charge in [-0.1, -0.05) is 170 Å². The zero-order valence-electron chi connectivity index (χ0n) is 31.8. The first-order chi connectivity index (χ1) is 29.2. The van der Waals surface area contributed by atoms with E-state index < -0.39 is 0 Å². The standard InChI is InChI=1S/C54H33N5/c1-4-15-37-30-41(27-24-34(37)12-1)52-56-51(57-53(58-52)42-28-25-35-13-2-5-16-38(35)31-42)40-18-11-19-44(33-40)59-50-48-23-10-8-21-46(48)45-20-7-9-22-47(45)49(50)55-54(59)43-29-26-36-14-3-6-17-39(36)32-43/h1-33H. The van der Waals surface area contributed by atoms with Crippen LogP contribution in [-0.2, 0) is 0 Å². The second-order valence-electron chi connectivity index (χ2n) is 15.1. The molecule has 0 spiro atoms. The monoisotopic (exact) mass is 751 g/mol. The van der Waals surface area contributed by atoms with Gasteiger partial charge < -0.3 is 0 Å². The lowest BCUT2D eigenvalue weighted by molar-refractivity contribution is 1.07. The molecule has 12 rings (SSSR count). The van der Waals surface area contributed by atoms with Crippen LogP contribution in [-0.4, -0.2) is 24.5 Å². The number of imidazole rings is 1. The van der Waals surface area contributed by atoms with Crippen molar-refractivity contribution >= 4 is 64.9 Å². The van der Waals surface area contributed by atoms with Crippen LogP contribution in [0.15, 0.2) is 200 Å². The van der Waals surface area contributed by atoms with Crippen LogP contribution in [0.5, 0.6) is 0 Å². The van der Waals surface area contributed by atoms with Crippen molar-refractivity contribution in [2.45, 2.75) is 0 Å². The van der Waals surface area contributed by atoms with Gasteiger partial charge in [-0.25, -0.2) is 19.9 Å². The first kappa shape index (κ1) is 33.2. The fourth-order valence-electron chi connectivity index (χ4n) is 8.68. The Balaban J connectivity index is 1.11. The lowest BCUT2D eigenvalue weighted by atomic mass is 10.00. The number of rotatable bonds is 5. The molecule has 0 saturated carbocycles. The van der Waals surface area contributed by atoms with E-state index in [1.165, 1.54) is 32.3 Å². The predicted octanol–water partition coefficient (Wildman–Crippen LogP) is 13.6. The Hall–Kier alpha value is -8.02. The zero-order valence-corrected chi connectivity index (χ0v) is 31.8. The van der Waals surface area contributed by atoms with Crippen molar-refractivity contribution < 1.29 is 0 Å². The average molecular weight is 752 g/mol. The molecule has 2 aromatic heterocycles. The van der Waals surface area contributed by atoms with E-state index in [9.17, 15) is 0 Å². The van der Waals surface area contributed by atoms with Crippen molar-refractivity contribution in [3.8, 4) is 51.2 Å². The van der Waals surface area contributed by atoms with Crippen molar-refractivity contribution in [1.29, 1.82) is 0 Å². The third kappa shape index (κ3) is 5.55. The Bertz CT molecular complexity index is 3540. The van der Waals surface area contributed by atoms with E-state index in [1.54, 1.807) is 0 Å². The minimum absolute atomic E-state index is 0.597. The Morgan fingerprint density at radius 1 is 0.288 bits per heavy atom. The van der Waals surface area contributed by atoms with E-state index in [0.717, 1.165) is 66.3 Å². The summed E-state index contributed by atoms with van der Waals surface area (Å²) >= 11 is 0. The molecule has 0 unspecified atom stereocenters. The number of aromatic nitrogens is 5. The first-order valence-corrected chi connectivity index (χ1v) is 19.9. The highest BCUT2D eigenvalue weighted by molar-refractivity contribution is 6.24. The molecule has 2 heterocycles. The Kier molecular flexibility index (Phi) is 7.47. The van der Waals surface area contributed by atoms with Gasteiger partial charge in [-0.2, -0.15) is 0 Å². The molecule has 0 aliphatic rings. The fourth-order valence-corrected chi connectivity index (χ4v) is 8.68. The highest BCUT2D eigenvalue weighted by atomic mass is 15.1. The normalized spacial score (nSPS) is 11.7. The minimum Gasteiger partial charge on any atom is -0.292 e.